The number of hydrogen-bond acceptors (Lipinski definition) is 7. The molecule has 3 fully saturated rings. The number of carbonyl (C=O) groups is 3. The summed E-state index contributed by atoms with van der Waals surface area (Å²) in [7, 11) is 0. The largest absolute Gasteiger partial charge is 0.396 e. The van der Waals surface area contributed by atoms with Crippen molar-refractivity contribution in [3.63, 3.8) is 0 Å². The standard InChI is InChI=1S/C26H36N6O5/c1-4-11-27-22(34)19-20-24(36)31(12-7-8-13-33)21(26(20)14-16(2)25(19,3)37-26)23(35)28-15-32-18-10-6-5-9-17(18)29-30-32/h5-6,9-10,16,19-21,33H,4,7-8,11-15H2,1-3H3,(H,27,34)(H,28,35)/t16?,19-,20-,21?,25+,26?/m0/s1. The minimum atomic E-state index is -1.09. The Balaban J connectivity index is 1.46. The Hall–Kier alpha value is -3.05. The van der Waals surface area contributed by atoms with E-state index < -0.39 is 29.1 Å². The molecule has 4 heterocycles. The van der Waals surface area contributed by atoms with Crippen LogP contribution in [0.2, 0.25) is 0 Å². The molecule has 3 amide bonds. The van der Waals surface area contributed by atoms with E-state index in [1.165, 1.54) is 0 Å². The number of hydrogen-bond donors (Lipinski definition) is 3. The third-order valence-corrected chi connectivity index (χ3v) is 8.53. The summed E-state index contributed by atoms with van der Waals surface area (Å²) in [4.78, 5) is 42.7. The number of nitrogens with zero attached hydrogens (tertiary/aromatic N) is 4. The summed E-state index contributed by atoms with van der Waals surface area (Å²) >= 11 is 0. The fourth-order valence-electron chi connectivity index (χ4n) is 6.72. The average molecular weight is 513 g/mol. The van der Waals surface area contributed by atoms with Crippen molar-refractivity contribution in [1.82, 2.24) is 30.5 Å². The van der Waals surface area contributed by atoms with Gasteiger partial charge in [0.25, 0.3) is 0 Å². The molecule has 11 heteroatoms. The molecule has 3 aliphatic heterocycles. The van der Waals surface area contributed by atoms with Crippen LogP contribution in [0, 0.1) is 17.8 Å². The lowest BCUT2D eigenvalue weighted by molar-refractivity contribution is -0.147. The van der Waals surface area contributed by atoms with Crippen LogP contribution in [-0.2, 0) is 25.8 Å². The van der Waals surface area contributed by atoms with Gasteiger partial charge in [-0.3, -0.25) is 14.4 Å². The van der Waals surface area contributed by atoms with Crippen LogP contribution in [0.1, 0.15) is 46.5 Å². The molecule has 11 nitrogen and oxygen atoms in total. The Labute approximate surface area is 215 Å². The van der Waals surface area contributed by atoms with E-state index in [-0.39, 0.29) is 36.9 Å². The van der Waals surface area contributed by atoms with Crippen LogP contribution >= 0.6 is 0 Å². The highest BCUT2D eigenvalue weighted by Crippen LogP contribution is 2.65. The molecule has 3 saturated heterocycles. The smallest absolute Gasteiger partial charge is 0.247 e. The number of likely N-dealkylation sites (tertiary alicyclic amines) is 1. The van der Waals surface area contributed by atoms with Gasteiger partial charge in [0.15, 0.2) is 0 Å². The van der Waals surface area contributed by atoms with Gasteiger partial charge in [0.1, 0.15) is 23.8 Å². The maximum Gasteiger partial charge on any atom is 0.247 e. The van der Waals surface area contributed by atoms with Gasteiger partial charge in [-0.05, 0) is 50.7 Å². The Morgan fingerprint density at radius 1 is 1.22 bits per heavy atom. The first kappa shape index (κ1) is 25.6. The summed E-state index contributed by atoms with van der Waals surface area (Å²) in [6.07, 6.45) is 2.35. The zero-order chi connectivity index (χ0) is 26.4. The topological polar surface area (TPSA) is 139 Å². The second kappa shape index (κ2) is 9.68. The highest BCUT2D eigenvalue weighted by Gasteiger charge is 2.79. The highest BCUT2D eigenvalue weighted by molar-refractivity contribution is 5.99. The van der Waals surface area contributed by atoms with Crippen LogP contribution in [0.15, 0.2) is 24.3 Å². The van der Waals surface area contributed by atoms with E-state index in [0.29, 0.717) is 32.4 Å². The number of ether oxygens (including phenoxy) is 1. The van der Waals surface area contributed by atoms with Crippen molar-refractivity contribution in [2.75, 3.05) is 19.7 Å². The third-order valence-electron chi connectivity index (χ3n) is 8.53. The number of aromatic nitrogens is 3. The molecule has 2 bridgehead atoms. The number of rotatable bonds is 10. The number of nitrogens with one attached hydrogen (secondary N) is 2. The third kappa shape index (κ3) is 3.90. The lowest BCUT2D eigenvalue weighted by Crippen LogP contribution is -2.56. The molecule has 37 heavy (non-hydrogen) atoms. The van der Waals surface area contributed by atoms with E-state index in [0.717, 1.165) is 17.5 Å². The monoisotopic (exact) mass is 512 g/mol. The Morgan fingerprint density at radius 2 is 2.00 bits per heavy atom. The van der Waals surface area contributed by atoms with E-state index in [1.54, 1.807) is 9.58 Å². The molecule has 0 saturated carbocycles. The van der Waals surface area contributed by atoms with Crippen LogP contribution in [0.3, 0.4) is 0 Å². The lowest BCUT2D eigenvalue weighted by Gasteiger charge is -2.36. The molecule has 0 radical (unpaired) electrons. The number of fused-ring (bicyclic) bond motifs is 2. The van der Waals surface area contributed by atoms with Gasteiger partial charge in [-0.1, -0.05) is 31.2 Å². The SMILES string of the molecule is CCCNC(=O)[C@@H]1[C@H]2C(=O)N(CCCCO)C(C(=O)NCn3nnc4ccccc43)C23CC(C)[C@@]1(C)O3. The minimum absolute atomic E-state index is 0.000488. The second-order valence-electron chi connectivity index (χ2n) is 10.7. The van der Waals surface area contributed by atoms with Gasteiger partial charge in [-0.25, -0.2) is 4.68 Å². The summed E-state index contributed by atoms with van der Waals surface area (Å²) in [6, 6.07) is 6.59. The number of carbonyl (C=O) groups excluding carboxylic acids is 3. The molecular formula is C26H36N6O5. The molecular weight excluding hydrogens is 476 g/mol. The van der Waals surface area contributed by atoms with Crippen molar-refractivity contribution in [3.05, 3.63) is 24.3 Å². The van der Waals surface area contributed by atoms with Crippen molar-refractivity contribution in [3.8, 4) is 0 Å². The second-order valence-corrected chi connectivity index (χ2v) is 10.7. The van der Waals surface area contributed by atoms with Gasteiger partial charge in [0, 0.05) is 19.7 Å². The predicted octanol–water partition coefficient (Wildman–Crippen LogP) is 0.814. The molecule has 200 valence electrons. The summed E-state index contributed by atoms with van der Waals surface area (Å²) < 4.78 is 8.28. The fourth-order valence-corrected chi connectivity index (χ4v) is 6.72. The Morgan fingerprint density at radius 3 is 2.76 bits per heavy atom. The number of amides is 3. The van der Waals surface area contributed by atoms with Crippen LogP contribution in [0.25, 0.3) is 11.0 Å². The summed E-state index contributed by atoms with van der Waals surface area (Å²) in [5.74, 6) is -2.18. The maximum absolute atomic E-state index is 13.9. The zero-order valence-corrected chi connectivity index (χ0v) is 21.6. The molecule has 0 aliphatic carbocycles. The molecule has 1 spiro atoms. The molecule has 1 aromatic heterocycles. The summed E-state index contributed by atoms with van der Waals surface area (Å²) in [5, 5.41) is 23.5. The van der Waals surface area contributed by atoms with E-state index in [2.05, 4.69) is 20.9 Å². The quantitative estimate of drug-likeness (QED) is 0.401. The number of benzene rings is 1. The Bertz CT molecular complexity index is 1200. The van der Waals surface area contributed by atoms with E-state index >= 15 is 0 Å². The average Bonchev–Trinajstić information content (AvgIpc) is 3.55. The number of aliphatic hydroxyl groups excluding tert-OH is 1. The number of unbranched alkanes of at least 4 members (excludes halogenated alkanes) is 1. The van der Waals surface area contributed by atoms with Gasteiger partial charge in [-0.2, -0.15) is 0 Å². The predicted molar refractivity (Wildman–Crippen MR) is 134 cm³/mol. The van der Waals surface area contributed by atoms with Crippen molar-refractivity contribution >= 4 is 28.8 Å². The first-order valence-corrected chi connectivity index (χ1v) is 13.2. The Kier molecular flexibility index (Phi) is 6.70. The highest BCUT2D eigenvalue weighted by atomic mass is 16.5. The first-order chi connectivity index (χ1) is 17.8. The molecule has 5 rings (SSSR count). The van der Waals surface area contributed by atoms with Crippen molar-refractivity contribution in [2.24, 2.45) is 17.8 Å². The number of para-hydroxylation sites is 1. The molecule has 1 aromatic carbocycles. The van der Waals surface area contributed by atoms with Crippen LogP contribution in [0.4, 0.5) is 0 Å². The van der Waals surface area contributed by atoms with E-state index in [4.69, 9.17) is 4.74 Å². The van der Waals surface area contributed by atoms with Gasteiger partial charge in [-0.15, -0.1) is 5.10 Å². The first-order valence-electron chi connectivity index (χ1n) is 13.2. The van der Waals surface area contributed by atoms with Gasteiger partial charge < -0.3 is 25.4 Å². The van der Waals surface area contributed by atoms with Crippen molar-refractivity contribution < 1.29 is 24.2 Å². The van der Waals surface area contributed by atoms with E-state index in [1.807, 2.05) is 45.0 Å². The summed E-state index contributed by atoms with van der Waals surface area (Å²) in [6.45, 7) is 6.82. The molecule has 6 atom stereocenters. The van der Waals surface area contributed by atoms with Gasteiger partial charge in [0.2, 0.25) is 17.7 Å². The molecule has 2 aromatic rings. The maximum atomic E-state index is 13.9. The number of aliphatic hydroxyl groups is 1. The van der Waals surface area contributed by atoms with Crippen LogP contribution in [0.5, 0.6) is 0 Å². The summed E-state index contributed by atoms with van der Waals surface area (Å²) in [5.41, 5.74) is -0.422. The van der Waals surface area contributed by atoms with Gasteiger partial charge >= 0.3 is 0 Å². The van der Waals surface area contributed by atoms with Crippen LogP contribution < -0.4 is 10.6 Å². The van der Waals surface area contributed by atoms with Crippen molar-refractivity contribution in [2.45, 2.75) is 70.4 Å². The minimum Gasteiger partial charge on any atom is -0.396 e. The fraction of sp³-hybridized carbons (Fsp3) is 0.654. The van der Waals surface area contributed by atoms with Gasteiger partial charge in [0.05, 0.1) is 23.0 Å². The molecule has 3 unspecified atom stereocenters. The lowest BCUT2D eigenvalue weighted by atomic mass is 9.62. The van der Waals surface area contributed by atoms with Crippen LogP contribution in [-0.4, -0.2) is 79.7 Å². The van der Waals surface area contributed by atoms with Crippen molar-refractivity contribution in [1.29, 1.82) is 0 Å². The van der Waals surface area contributed by atoms with E-state index in [9.17, 15) is 19.5 Å². The molecule has 3 aliphatic rings. The molecule has 3 N–H and O–H groups in total. The zero-order valence-electron chi connectivity index (χ0n) is 21.6. The normalized spacial score (nSPS) is 32.2.